The van der Waals surface area contributed by atoms with E-state index in [0.717, 1.165) is 12.4 Å². The van der Waals surface area contributed by atoms with E-state index in [-0.39, 0.29) is 37.7 Å². The Kier molecular flexibility index (Phi) is 4.82. The molecule has 0 fully saturated rings. The zero-order chi connectivity index (χ0) is 9.14. The first-order chi connectivity index (χ1) is 5.63. The van der Waals surface area contributed by atoms with Crippen molar-refractivity contribution in [1.82, 2.24) is 9.97 Å². The minimum atomic E-state index is -1.40. The Morgan fingerprint density at radius 2 is 1.31 bits per heavy atom. The zero-order valence-electron chi connectivity index (χ0n) is 5.76. The molecule has 2 N–H and O–H groups in total. The Bertz CT molecular complexity index is 308. The Hall–Kier alpha value is -0.720. The zero-order valence-corrected chi connectivity index (χ0v) is 5.76. The third kappa shape index (κ3) is 2.91. The van der Waals surface area contributed by atoms with Gasteiger partial charge in [0.1, 0.15) is 0 Å². The number of carboxylic acid groups (broad SMARTS) is 2. The summed E-state index contributed by atoms with van der Waals surface area (Å²) in [6.45, 7) is 0. The van der Waals surface area contributed by atoms with Gasteiger partial charge in [0, 0.05) is 12.4 Å². The number of carboxylic acids is 2. The van der Waals surface area contributed by atoms with E-state index in [1.165, 1.54) is 0 Å². The molecule has 0 saturated carbocycles. The van der Waals surface area contributed by atoms with Crippen molar-refractivity contribution < 1.29 is 19.8 Å². The first-order valence-corrected chi connectivity index (χ1v) is 2.90. The van der Waals surface area contributed by atoms with Crippen molar-refractivity contribution in [3.05, 3.63) is 23.8 Å². The average Bonchev–Trinajstić information content (AvgIpc) is 2.04. The second-order valence-corrected chi connectivity index (χ2v) is 1.86. The molecule has 66 valence electrons. The Morgan fingerprint density at radius 1 is 1.00 bits per heavy atom. The third-order valence-corrected chi connectivity index (χ3v) is 1.10. The van der Waals surface area contributed by atoms with Gasteiger partial charge < -0.3 is 10.2 Å². The van der Waals surface area contributed by atoms with Gasteiger partial charge in [0.15, 0.2) is 11.4 Å². The topological polar surface area (TPSA) is 100 Å². The van der Waals surface area contributed by atoms with E-state index in [1.807, 2.05) is 0 Å². The van der Waals surface area contributed by atoms with Gasteiger partial charge in [-0.3, -0.25) is 0 Å². The molecule has 13 heavy (non-hydrogen) atoms. The average molecular weight is 210 g/mol. The number of nitrogens with zero attached hydrogens (tertiary/aromatic N) is 2. The van der Waals surface area contributed by atoms with E-state index in [2.05, 4.69) is 9.97 Å². The van der Waals surface area contributed by atoms with Gasteiger partial charge in [0.25, 0.3) is 0 Å². The Balaban J connectivity index is 0.00000144. The summed E-state index contributed by atoms with van der Waals surface area (Å²) in [6, 6.07) is 0. The normalized spacial score (nSPS) is 8.62. The van der Waals surface area contributed by atoms with Crippen LogP contribution in [0.4, 0.5) is 0 Å². The van der Waals surface area contributed by atoms with Crippen LogP contribution in [0.2, 0.25) is 0 Å². The second kappa shape index (κ2) is 5.11. The van der Waals surface area contributed by atoms with Crippen LogP contribution in [-0.4, -0.2) is 69.9 Å². The predicted octanol–water partition coefficient (Wildman–Crippen LogP) is -1.04. The van der Waals surface area contributed by atoms with Gasteiger partial charge in [-0.05, 0) is 0 Å². The van der Waals surface area contributed by atoms with E-state index in [4.69, 9.17) is 10.2 Å². The van der Waals surface area contributed by atoms with E-state index < -0.39 is 23.3 Å². The SMILES string of the molecule is O=C(O)c1nccnc1C(=O)O.[CaH2]. The van der Waals surface area contributed by atoms with Crippen LogP contribution < -0.4 is 0 Å². The van der Waals surface area contributed by atoms with Crippen LogP contribution >= 0.6 is 0 Å². The summed E-state index contributed by atoms with van der Waals surface area (Å²) in [5, 5.41) is 16.9. The molecule has 0 atom stereocenters. The molecule has 0 aliphatic carbocycles. The van der Waals surface area contributed by atoms with Crippen molar-refractivity contribution in [2.45, 2.75) is 0 Å². The van der Waals surface area contributed by atoms with E-state index in [9.17, 15) is 9.59 Å². The molecule has 1 heterocycles. The number of carbonyl (C=O) groups is 2. The van der Waals surface area contributed by atoms with Crippen LogP contribution in [-0.2, 0) is 0 Å². The van der Waals surface area contributed by atoms with Crippen molar-refractivity contribution >= 4 is 49.7 Å². The minimum absolute atomic E-state index is 0. The van der Waals surface area contributed by atoms with E-state index in [0.29, 0.717) is 0 Å². The van der Waals surface area contributed by atoms with Crippen LogP contribution in [0, 0.1) is 0 Å². The molecule has 7 heteroatoms. The van der Waals surface area contributed by atoms with Gasteiger partial charge in [-0.15, -0.1) is 0 Å². The fraction of sp³-hybridized carbons (Fsp3) is 0. The molecule has 0 unspecified atom stereocenters. The molecule has 0 spiro atoms. The van der Waals surface area contributed by atoms with Crippen LogP contribution in [0.1, 0.15) is 21.0 Å². The number of aromatic carboxylic acids is 2. The molecular weight excluding hydrogens is 204 g/mol. The molecule has 1 aromatic heterocycles. The van der Waals surface area contributed by atoms with Crippen LogP contribution in [0.15, 0.2) is 12.4 Å². The van der Waals surface area contributed by atoms with Gasteiger partial charge >= 0.3 is 49.7 Å². The predicted molar refractivity (Wildman–Crippen MR) is 44.5 cm³/mol. The summed E-state index contributed by atoms with van der Waals surface area (Å²) in [6.07, 6.45) is 2.24. The standard InChI is InChI=1S/C6H4N2O4.Ca.2H/c9-5(10)3-4(6(11)12)8-2-1-7-3;;;/h1-2H,(H,9,10)(H,11,12);;;. The number of aromatic nitrogens is 2. The van der Waals surface area contributed by atoms with Crippen LogP contribution in [0.5, 0.6) is 0 Å². The fourth-order valence-electron chi connectivity index (χ4n) is 0.651. The molecule has 6 nitrogen and oxygen atoms in total. The summed E-state index contributed by atoms with van der Waals surface area (Å²) < 4.78 is 0. The van der Waals surface area contributed by atoms with E-state index >= 15 is 0 Å². The van der Waals surface area contributed by atoms with Crippen molar-refractivity contribution in [3.8, 4) is 0 Å². The first kappa shape index (κ1) is 12.3. The molecule has 0 aliphatic heterocycles. The molecule has 0 amide bonds. The molecule has 0 aromatic carbocycles. The molecule has 0 aliphatic rings. The van der Waals surface area contributed by atoms with Crippen LogP contribution in [0.25, 0.3) is 0 Å². The van der Waals surface area contributed by atoms with E-state index in [1.54, 1.807) is 0 Å². The monoisotopic (exact) mass is 210 g/mol. The quantitative estimate of drug-likeness (QED) is 0.604. The molecule has 1 aromatic rings. The van der Waals surface area contributed by atoms with Gasteiger partial charge in [-0.1, -0.05) is 0 Å². The molecule has 1 rings (SSSR count). The maximum absolute atomic E-state index is 10.4. The van der Waals surface area contributed by atoms with Crippen molar-refractivity contribution in [1.29, 1.82) is 0 Å². The van der Waals surface area contributed by atoms with Gasteiger partial charge in [-0.2, -0.15) is 0 Å². The summed E-state index contributed by atoms with van der Waals surface area (Å²) in [5.74, 6) is -2.80. The molecule has 0 saturated heterocycles. The number of hydrogen-bond acceptors (Lipinski definition) is 4. The van der Waals surface area contributed by atoms with Gasteiger partial charge in [0.2, 0.25) is 0 Å². The van der Waals surface area contributed by atoms with Gasteiger partial charge in [-0.25, -0.2) is 19.6 Å². The number of rotatable bonds is 2. The summed E-state index contributed by atoms with van der Waals surface area (Å²) in [5.41, 5.74) is -1.10. The Morgan fingerprint density at radius 3 is 1.54 bits per heavy atom. The molecular formula is C6H6CaN2O4. The molecule has 0 bridgehead atoms. The Labute approximate surface area is 103 Å². The van der Waals surface area contributed by atoms with Crippen LogP contribution in [0.3, 0.4) is 0 Å². The maximum atomic E-state index is 10.4. The van der Waals surface area contributed by atoms with Gasteiger partial charge in [0.05, 0.1) is 0 Å². The number of hydrogen-bond donors (Lipinski definition) is 2. The fourth-order valence-corrected chi connectivity index (χ4v) is 0.651. The second-order valence-electron chi connectivity index (χ2n) is 1.86. The summed E-state index contributed by atoms with van der Waals surface area (Å²) in [4.78, 5) is 27.4. The third-order valence-electron chi connectivity index (χ3n) is 1.10. The first-order valence-electron chi connectivity index (χ1n) is 2.90. The van der Waals surface area contributed by atoms with Crippen molar-refractivity contribution in [2.24, 2.45) is 0 Å². The van der Waals surface area contributed by atoms with Crippen molar-refractivity contribution in [3.63, 3.8) is 0 Å². The summed E-state index contributed by atoms with van der Waals surface area (Å²) >= 11 is 0. The molecule has 0 radical (unpaired) electrons. The summed E-state index contributed by atoms with van der Waals surface area (Å²) in [7, 11) is 0. The van der Waals surface area contributed by atoms with Crippen molar-refractivity contribution in [2.75, 3.05) is 0 Å².